The third kappa shape index (κ3) is 34.1. The molecule has 0 aromatic carbocycles. The second kappa shape index (κ2) is 60.5. The van der Waals surface area contributed by atoms with Crippen LogP contribution in [0.2, 0.25) is 0 Å². The van der Waals surface area contributed by atoms with Crippen molar-refractivity contribution in [2.75, 3.05) is 128 Å². The zero-order chi connectivity index (χ0) is 32.1. The van der Waals surface area contributed by atoms with E-state index >= 15 is 0 Å². The summed E-state index contributed by atoms with van der Waals surface area (Å²) in [6.07, 6.45) is 0. The molecule has 0 bridgehead atoms. The van der Waals surface area contributed by atoms with Crippen LogP contribution in [0.1, 0.15) is 0 Å². The van der Waals surface area contributed by atoms with Crippen LogP contribution < -0.4 is 65.3 Å². The van der Waals surface area contributed by atoms with Crippen LogP contribution in [0.4, 0.5) is 0 Å². The number of rotatable bonds is 16. The first kappa shape index (κ1) is 69.2. The fraction of sp³-hybridized carbons (Fsp3) is 1.00. The number of aliphatic hydroxyl groups is 8. The minimum absolute atomic E-state index is 0. The normalized spacial score (nSPS) is 9.22. The van der Waals surface area contributed by atoms with E-state index in [1.165, 1.54) is 9.80 Å². The van der Waals surface area contributed by atoms with Gasteiger partial charge >= 0.3 is 63.1 Å². The number of β-amino-alcohol motifs (C(OH)–C–C–N with tert-alkyl or cyclic N) is 1. The molecule has 41 heavy (non-hydrogen) atoms. The summed E-state index contributed by atoms with van der Waals surface area (Å²) in [5.41, 5.74) is -2.91. The second-order valence-corrected chi connectivity index (χ2v) is 6.15. The molecule has 0 fully saturated rings. The summed E-state index contributed by atoms with van der Waals surface area (Å²) in [4.78, 5) is 2.49. The van der Waals surface area contributed by atoms with Gasteiger partial charge in [0.05, 0.1) is 19.8 Å². The molecular formula is C21H51Co2N2NaO15. The van der Waals surface area contributed by atoms with Crippen molar-refractivity contribution in [2.45, 2.75) is 11.1 Å². The van der Waals surface area contributed by atoms with Gasteiger partial charge in [0.15, 0.2) is 0 Å². The SMILES string of the molecule is CO.CO.CO.CO.CO.[Co+3].[Co+3].[Na+].[O-]CCN(CCO)C(C[O-])(C[O-])CO.[O-]CCN(CC[O-])C(C[O-])(C[O-])CO. The summed E-state index contributed by atoms with van der Waals surface area (Å²) in [6.45, 7) is -6.09. The number of nitrogens with zero attached hydrogens (tertiary/aromatic N) is 2. The fourth-order valence-corrected chi connectivity index (χ4v) is 2.45. The molecule has 0 aliphatic rings. The molecule has 0 spiro atoms. The Hall–Kier alpha value is 1.33. The topological polar surface area (TPSA) is 330 Å². The van der Waals surface area contributed by atoms with Crippen LogP contribution in [0.15, 0.2) is 0 Å². The molecule has 17 nitrogen and oxygen atoms in total. The van der Waals surface area contributed by atoms with Crippen molar-refractivity contribution in [1.82, 2.24) is 9.80 Å². The summed E-state index contributed by atoms with van der Waals surface area (Å²) < 4.78 is 0. The van der Waals surface area contributed by atoms with Gasteiger partial charge in [-0.05, 0) is 19.6 Å². The van der Waals surface area contributed by atoms with Crippen molar-refractivity contribution >= 4 is 0 Å². The summed E-state index contributed by atoms with van der Waals surface area (Å²) in [7, 11) is 5.00. The molecule has 0 aliphatic carbocycles. The van der Waals surface area contributed by atoms with Crippen molar-refractivity contribution in [3.63, 3.8) is 0 Å². The molecule has 0 saturated heterocycles. The van der Waals surface area contributed by atoms with Gasteiger partial charge in [-0.2, -0.15) is 0 Å². The molecule has 0 saturated carbocycles. The predicted molar refractivity (Wildman–Crippen MR) is 125 cm³/mol. The average molecular weight is 712 g/mol. The summed E-state index contributed by atoms with van der Waals surface area (Å²) in [5.74, 6) is 0. The van der Waals surface area contributed by atoms with Crippen LogP contribution >= 0.6 is 0 Å². The van der Waals surface area contributed by atoms with E-state index in [2.05, 4.69) is 0 Å². The molecule has 0 aromatic heterocycles. The van der Waals surface area contributed by atoms with Gasteiger partial charge < -0.3 is 81.5 Å². The maximum absolute atomic E-state index is 10.8. The van der Waals surface area contributed by atoms with Gasteiger partial charge in [0, 0.05) is 53.2 Å². The molecule has 0 aromatic rings. The Bertz CT molecular complexity index is 312. The molecule has 0 unspecified atom stereocenters. The summed E-state index contributed by atoms with van der Waals surface area (Å²) >= 11 is 0. The first-order valence-electron chi connectivity index (χ1n) is 11.0. The molecule has 254 valence electrons. The Morgan fingerprint density at radius 1 is 0.439 bits per heavy atom. The van der Waals surface area contributed by atoms with Gasteiger partial charge in [0.25, 0.3) is 0 Å². The van der Waals surface area contributed by atoms with Gasteiger partial charge in [-0.15, -0.1) is 46.2 Å². The molecule has 0 heterocycles. The van der Waals surface area contributed by atoms with E-state index in [1.54, 1.807) is 0 Å². The molecule has 8 N–H and O–H groups in total. The Morgan fingerprint density at radius 3 is 0.756 bits per heavy atom. The number of hydrogen-bond donors (Lipinski definition) is 8. The van der Waals surface area contributed by atoms with E-state index in [4.69, 9.17) is 40.9 Å². The maximum atomic E-state index is 10.8. The Kier molecular flexibility index (Phi) is 102. The largest absolute Gasteiger partial charge is 3.00 e. The van der Waals surface area contributed by atoms with Gasteiger partial charge in [0.1, 0.15) is 0 Å². The second-order valence-electron chi connectivity index (χ2n) is 6.15. The van der Waals surface area contributed by atoms with Gasteiger partial charge in [-0.1, -0.05) is 0 Å². The third-order valence-electron chi connectivity index (χ3n) is 4.46. The fourth-order valence-electron chi connectivity index (χ4n) is 2.45. The minimum Gasteiger partial charge on any atom is -0.854 e. The van der Waals surface area contributed by atoms with Gasteiger partial charge in [-0.25, -0.2) is 0 Å². The molecule has 0 rings (SSSR count). The van der Waals surface area contributed by atoms with Crippen molar-refractivity contribution in [3.8, 4) is 0 Å². The molecular weight excluding hydrogens is 661 g/mol. The van der Waals surface area contributed by atoms with Crippen molar-refractivity contribution in [3.05, 3.63) is 0 Å². The molecule has 0 aliphatic heterocycles. The van der Waals surface area contributed by atoms with Crippen LogP contribution in [-0.4, -0.2) is 190 Å². The Balaban J connectivity index is -0.0000000423. The van der Waals surface area contributed by atoms with Crippen molar-refractivity contribution in [1.29, 1.82) is 0 Å². The molecule has 0 atom stereocenters. The standard InChI is InChI=1S/C8H16NO5.C8H15NO5.5CH4O.2Co.Na/c2*10-3-1-9(2-4-11)8(5-12,6-13)7-14;5*1-2;;;/h10,12H,1-7H2;12H,1-7H2;5*2H,1H3;;;/q-3;-4;;;;;;2*+3;+1. The van der Waals surface area contributed by atoms with Crippen LogP contribution in [0.3, 0.4) is 0 Å². The van der Waals surface area contributed by atoms with Crippen LogP contribution in [-0.2, 0) is 33.6 Å². The van der Waals surface area contributed by atoms with Gasteiger partial charge in [0.2, 0.25) is 0 Å². The maximum Gasteiger partial charge on any atom is 3.00 e. The quantitative estimate of drug-likeness (QED) is 0.0689. The third-order valence-corrected chi connectivity index (χ3v) is 4.46. The number of aliphatic hydroxyl groups excluding tert-OH is 8. The first-order valence-corrected chi connectivity index (χ1v) is 11.0. The van der Waals surface area contributed by atoms with E-state index in [1.807, 2.05) is 0 Å². The summed E-state index contributed by atoms with van der Waals surface area (Å²) in [5, 5.41) is 136. The smallest absolute Gasteiger partial charge is 0.854 e. The minimum atomic E-state index is -1.48. The van der Waals surface area contributed by atoms with E-state index < -0.39 is 70.5 Å². The van der Waals surface area contributed by atoms with Crippen LogP contribution in [0.5, 0.6) is 0 Å². The van der Waals surface area contributed by atoms with Crippen LogP contribution in [0.25, 0.3) is 0 Å². The van der Waals surface area contributed by atoms with E-state index in [0.717, 1.165) is 35.5 Å². The molecule has 20 heteroatoms. The zero-order valence-electron chi connectivity index (χ0n) is 24.9. The van der Waals surface area contributed by atoms with Crippen molar-refractivity contribution in [2.24, 2.45) is 0 Å². The van der Waals surface area contributed by atoms with E-state index in [-0.39, 0.29) is 95.9 Å². The zero-order valence-corrected chi connectivity index (χ0v) is 29.0. The van der Waals surface area contributed by atoms with E-state index in [0.29, 0.717) is 0 Å². The van der Waals surface area contributed by atoms with E-state index in [9.17, 15) is 35.7 Å². The van der Waals surface area contributed by atoms with Gasteiger partial charge in [-0.3, -0.25) is 4.90 Å². The Morgan fingerprint density at radius 2 is 0.634 bits per heavy atom. The summed E-state index contributed by atoms with van der Waals surface area (Å²) in [6, 6.07) is 0. The predicted octanol–water partition coefficient (Wildman–Crippen LogP) is -15.4. The number of hydrogen-bond acceptors (Lipinski definition) is 17. The Labute approximate surface area is 287 Å². The first-order chi connectivity index (χ1) is 18.4. The van der Waals surface area contributed by atoms with Crippen molar-refractivity contribution < 1.29 is 140 Å². The average Bonchev–Trinajstić information content (AvgIpc) is 3.01. The molecule has 0 amide bonds. The molecule has 0 radical (unpaired) electrons. The monoisotopic (exact) mass is 712 g/mol. The van der Waals surface area contributed by atoms with Crippen LogP contribution in [0, 0.1) is 0 Å².